The molecule has 0 aromatic heterocycles. The summed E-state index contributed by atoms with van der Waals surface area (Å²) in [6, 6.07) is 1.91. The Hall–Kier alpha value is -3.09. The van der Waals surface area contributed by atoms with Gasteiger partial charge in [0.05, 0.1) is 31.9 Å². The topological polar surface area (TPSA) is 91.4 Å². The lowest BCUT2D eigenvalue weighted by molar-refractivity contribution is -0.179. The minimum Gasteiger partial charge on any atom is -0.442 e. The summed E-state index contributed by atoms with van der Waals surface area (Å²) in [6.45, 7) is 1.18. The van der Waals surface area contributed by atoms with E-state index in [-0.39, 0.29) is 56.6 Å². The molecule has 2 aliphatic rings. The van der Waals surface area contributed by atoms with Crippen LogP contribution in [0.1, 0.15) is 6.92 Å². The van der Waals surface area contributed by atoms with Crippen LogP contribution in [0.3, 0.4) is 0 Å². The Labute approximate surface area is 174 Å². The fraction of sp³-hybridized carbons (Fsp3) is 0.500. The minimum atomic E-state index is -3.21. The third-order valence-corrected chi connectivity index (χ3v) is 4.74. The number of hydroxylamine groups is 2. The highest BCUT2D eigenvalue weighted by molar-refractivity contribution is 5.90. The first-order valence-electron chi connectivity index (χ1n) is 9.36. The molecule has 9 nitrogen and oxygen atoms in total. The van der Waals surface area contributed by atoms with E-state index in [1.54, 1.807) is 0 Å². The first-order chi connectivity index (χ1) is 14.7. The second kappa shape index (κ2) is 9.37. The highest BCUT2D eigenvalue weighted by Crippen LogP contribution is 2.31. The molecule has 3 rings (SSSR count). The lowest BCUT2D eigenvalue weighted by Crippen LogP contribution is -2.37. The van der Waals surface area contributed by atoms with Gasteiger partial charge >= 0.3 is 12.5 Å². The number of halogens is 4. The highest BCUT2D eigenvalue weighted by atomic mass is 19.3. The zero-order chi connectivity index (χ0) is 22.7. The van der Waals surface area contributed by atoms with E-state index in [1.807, 2.05) is 5.32 Å². The quantitative estimate of drug-likeness (QED) is 0.683. The van der Waals surface area contributed by atoms with E-state index < -0.39 is 36.2 Å². The summed E-state index contributed by atoms with van der Waals surface area (Å²) in [7, 11) is 0. The molecule has 1 aromatic carbocycles. The number of nitrogens with zero attached hydrogens (tertiary/aromatic N) is 3. The molecule has 1 aromatic rings. The number of amides is 3. The summed E-state index contributed by atoms with van der Waals surface area (Å²) in [4.78, 5) is 42.0. The van der Waals surface area contributed by atoms with Crippen LogP contribution in [0.15, 0.2) is 12.1 Å². The molecule has 1 atom stereocenters. The second-order valence-electron chi connectivity index (χ2n) is 6.86. The van der Waals surface area contributed by atoms with E-state index in [1.165, 1.54) is 11.8 Å². The Bertz CT molecular complexity index is 848. The van der Waals surface area contributed by atoms with Gasteiger partial charge in [0.15, 0.2) is 11.6 Å². The molecular formula is C18H20F4N4O5. The summed E-state index contributed by atoms with van der Waals surface area (Å²) < 4.78 is 59.0. The van der Waals surface area contributed by atoms with Crippen molar-refractivity contribution in [2.75, 3.05) is 49.1 Å². The van der Waals surface area contributed by atoms with Crippen LogP contribution in [0.5, 0.6) is 0 Å². The summed E-state index contributed by atoms with van der Waals surface area (Å²) in [5, 5.41) is 3.03. The maximum absolute atomic E-state index is 14.8. The van der Waals surface area contributed by atoms with Crippen LogP contribution < -0.4 is 15.1 Å². The van der Waals surface area contributed by atoms with E-state index in [2.05, 4.69) is 0 Å². The molecule has 0 radical (unpaired) electrons. The molecule has 2 saturated heterocycles. The number of nitrogens with one attached hydrogen (secondary N) is 1. The van der Waals surface area contributed by atoms with Gasteiger partial charge in [0.2, 0.25) is 5.91 Å². The van der Waals surface area contributed by atoms with Gasteiger partial charge in [0, 0.05) is 32.1 Å². The van der Waals surface area contributed by atoms with Crippen molar-refractivity contribution in [2.45, 2.75) is 19.5 Å². The lowest BCUT2D eigenvalue weighted by atomic mass is 10.2. The van der Waals surface area contributed by atoms with Gasteiger partial charge in [-0.2, -0.15) is 8.78 Å². The average molecular weight is 448 g/mol. The van der Waals surface area contributed by atoms with E-state index in [9.17, 15) is 31.9 Å². The first-order valence-corrected chi connectivity index (χ1v) is 9.36. The molecule has 0 spiro atoms. The maximum atomic E-state index is 14.8. The van der Waals surface area contributed by atoms with Gasteiger partial charge in [-0.1, -0.05) is 0 Å². The van der Waals surface area contributed by atoms with Crippen LogP contribution in [0.25, 0.3) is 0 Å². The SMILES string of the molecule is CC(=O)N1CCN(c2c(F)cc(N3CC(CNC(=O)C(F)F)OC3=O)cc2F)CCO1. The van der Waals surface area contributed by atoms with Crippen molar-refractivity contribution in [2.24, 2.45) is 0 Å². The molecule has 31 heavy (non-hydrogen) atoms. The van der Waals surface area contributed by atoms with Crippen LogP contribution in [-0.4, -0.2) is 74.8 Å². The zero-order valence-electron chi connectivity index (χ0n) is 16.4. The smallest absolute Gasteiger partial charge is 0.414 e. The molecular weight excluding hydrogens is 428 g/mol. The van der Waals surface area contributed by atoms with Gasteiger partial charge in [-0.05, 0) is 0 Å². The van der Waals surface area contributed by atoms with Gasteiger partial charge in [0.25, 0.3) is 5.91 Å². The number of carbonyl (C=O) groups excluding carboxylic acids is 3. The molecule has 1 unspecified atom stereocenters. The number of benzene rings is 1. The average Bonchev–Trinajstić information content (AvgIpc) is 2.90. The molecule has 13 heteroatoms. The Kier molecular flexibility index (Phi) is 6.83. The summed E-state index contributed by atoms with van der Waals surface area (Å²) in [5.74, 6) is -3.72. The van der Waals surface area contributed by atoms with Crippen molar-refractivity contribution in [1.82, 2.24) is 10.4 Å². The van der Waals surface area contributed by atoms with Crippen LogP contribution in [-0.2, 0) is 19.2 Å². The Morgan fingerprint density at radius 2 is 1.87 bits per heavy atom. The molecule has 2 heterocycles. The van der Waals surface area contributed by atoms with Gasteiger partial charge in [-0.3, -0.25) is 19.3 Å². The molecule has 0 saturated carbocycles. The van der Waals surface area contributed by atoms with Crippen molar-refractivity contribution < 1.29 is 41.5 Å². The second-order valence-corrected chi connectivity index (χ2v) is 6.86. The van der Waals surface area contributed by atoms with Crippen LogP contribution in [0.2, 0.25) is 0 Å². The molecule has 1 N–H and O–H groups in total. The fourth-order valence-corrected chi connectivity index (χ4v) is 3.26. The summed E-state index contributed by atoms with van der Waals surface area (Å²) in [5.41, 5.74) is -0.450. The van der Waals surface area contributed by atoms with Gasteiger partial charge < -0.3 is 15.0 Å². The Morgan fingerprint density at radius 3 is 2.48 bits per heavy atom. The Morgan fingerprint density at radius 1 is 1.19 bits per heavy atom. The molecule has 0 bridgehead atoms. The summed E-state index contributed by atoms with van der Waals surface area (Å²) >= 11 is 0. The predicted molar refractivity (Wildman–Crippen MR) is 98.5 cm³/mol. The van der Waals surface area contributed by atoms with E-state index >= 15 is 0 Å². The third kappa shape index (κ3) is 5.16. The third-order valence-electron chi connectivity index (χ3n) is 4.74. The van der Waals surface area contributed by atoms with Crippen molar-refractivity contribution >= 4 is 29.3 Å². The largest absolute Gasteiger partial charge is 0.442 e. The number of ether oxygens (including phenoxy) is 1. The molecule has 3 amide bonds. The van der Waals surface area contributed by atoms with Gasteiger partial charge in [-0.25, -0.2) is 18.6 Å². The van der Waals surface area contributed by atoms with E-state index in [0.29, 0.717) is 0 Å². The van der Waals surface area contributed by atoms with E-state index in [4.69, 9.17) is 9.57 Å². The summed E-state index contributed by atoms with van der Waals surface area (Å²) in [6.07, 6.45) is -5.10. The maximum Gasteiger partial charge on any atom is 0.414 e. The fourth-order valence-electron chi connectivity index (χ4n) is 3.26. The molecule has 0 aliphatic carbocycles. The minimum absolute atomic E-state index is 0.0463. The van der Waals surface area contributed by atoms with Gasteiger partial charge in [-0.15, -0.1) is 0 Å². The number of cyclic esters (lactones) is 1. The molecule has 2 fully saturated rings. The van der Waals surface area contributed by atoms with Crippen molar-refractivity contribution in [3.05, 3.63) is 23.8 Å². The predicted octanol–water partition coefficient (Wildman–Crippen LogP) is 1.27. The standard InChI is InChI=1S/C18H20F4N4O5/c1-10(27)26-3-2-24(4-5-30-26)15-13(19)6-11(7-14(15)20)25-9-12(31-18(25)29)8-23-17(28)16(21)22/h6-7,12,16H,2-5,8-9H2,1H3,(H,23,28). The number of hydrogen-bond acceptors (Lipinski definition) is 6. The number of carbonyl (C=O) groups is 3. The van der Waals surface area contributed by atoms with Crippen molar-refractivity contribution in [3.8, 4) is 0 Å². The van der Waals surface area contributed by atoms with Crippen LogP contribution in [0.4, 0.5) is 33.7 Å². The zero-order valence-corrected chi connectivity index (χ0v) is 16.4. The van der Waals surface area contributed by atoms with Crippen LogP contribution in [0, 0.1) is 11.6 Å². The molecule has 170 valence electrons. The van der Waals surface area contributed by atoms with E-state index in [0.717, 1.165) is 22.1 Å². The van der Waals surface area contributed by atoms with Crippen molar-refractivity contribution in [3.63, 3.8) is 0 Å². The first kappa shape index (κ1) is 22.6. The number of hydrogen-bond donors (Lipinski definition) is 1. The number of alkyl halides is 2. The molecule has 2 aliphatic heterocycles. The number of rotatable bonds is 5. The van der Waals surface area contributed by atoms with Crippen LogP contribution >= 0.6 is 0 Å². The Balaban J connectivity index is 1.71. The normalized spacial score (nSPS) is 19.5. The monoisotopic (exact) mass is 448 g/mol. The highest BCUT2D eigenvalue weighted by Gasteiger charge is 2.34. The lowest BCUT2D eigenvalue weighted by Gasteiger charge is -2.24. The van der Waals surface area contributed by atoms with Gasteiger partial charge in [0.1, 0.15) is 11.8 Å². The number of anilines is 2. The van der Waals surface area contributed by atoms with Crippen molar-refractivity contribution in [1.29, 1.82) is 0 Å².